The summed E-state index contributed by atoms with van der Waals surface area (Å²) >= 11 is 0. The number of hydrazine groups is 1. The molecule has 21 heavy (non-hydrogen) atoms. The lowest BCUT2D eigenvalue weighted by Gasteiger charge is -2.27. The van der Waals surface area contributed by atoms with Crippen molar-refractivity contribution in [1.82, 2.24) is 9.84 Å². The van der Waals surface area contributed by atoms with Crippen LogP contribution in [0.1, 0.15) is 0 Å². The standard InChI is InChI=1S/C12H19N3O5S/c1-18-10-8-11(19-2)12(7-9(10)13)21(16,17)14-15-3-5-20-6-4-15/h7-8,14H,3-6,13H2,1-2H3. The number of sulfonamides is 1. The first-order valence-electron chi connectivity index (χ1n) is 6.34. The lowest BCUT2D eigenvalue weighted by Crippen LogP contribution is -2.48. The molecule has 8 nitrogen and oxygen atoms in total. The van der Waals surface area contributed by atoms with Crippen molar-refractivity contribution in [3.05, 3.63) is 12.1 Å². The minimum Gasteiger partial charge on any atom is -0.495 e. The van der Waals surface area contributed by atoms with E-state index in [4.69, 9.17) is 19.9 Å². The molecule has 3 N–H and O–H groups in total. The van der Waals surface area contributed by atoms with Crippen LogP contribution in [-0.2, 0) is 14.8 Å². The van der Waals surface area contributed by atoms with Gasteiger partial charge in [0.05, 0.1) is 33.1 Å². The van der Waals surface area contributed by atoms with E-state index >= 15 is 0 Å². The number of benzene rings is 1. The van der Waals surface area contributed by atoms with Gasteiger partial charge in [-0.05, 0) is 6.07 Å². The highest BCUT2D eigenvalue weighted by Crippen LogP contribution is 2.33. The average molecular weight is 317 g/mol. The number of nitrogens with zero attached hydrogens (tertiary/aromatic N) is 1. The van der Waals surface area contributed by atoms with Crippen LogP contribution in [0.5, 0.6) is 11.5 Å². The molecule has 1 fully saturated rings. The number of hydrogen-bond donors (Lipinski definition) is 2. The molecule has 0 unspecified atom stereocenters. The summed E-state index contributed by atoms with van der Waals surface area (Å²) in [6, 6.07) is 2.77. The maximum atomic E-state index is 12.5. The second-order valence-electron chi connectivity index (χ2n) is 4.44. The Balaban J connectivity index is 2.32. The highest BCUT2D eigenvalue weighted by Gasteiger charge is 2.25. The van der Waals surface area contributed by atoms with Crippen LogP contribution in [0.25, 0.3) is 0 Å². The van der Waals surface area contributed by atoms with E-state index in [1.807, 2.05) is 0 Å². The summed E-state index contributed by atoms with van der Waals surface area (Å²) in [5.74, 6) is 0.527. The molecular weight excluding hydrogens is 298 g/mol. The molecule has 118 valence electrons. The molecular formula is C12H19N3O5S. The van der Waals surface area contributed by atoms with Crippen molar-refractivity contribution in [1.29, 1.82) is 0 Å². The third-order valence-corrected chi connectivity index (χ3v) is 4.46. The Morgan fingerprint density at radius 2 is 1.81 bits per heavy atom. The van der Waals surface area contributed by atoms with Gasteiger partial charge in [0.15, 0.2) is 0 Å². The summed E-state index contributed by atoms with van der Waals surface area (Å²) in [7, 11) is -0.953. The number of morpholine rings is 1. The van der Waals surface area contributed by atoms with Gasteiger partial charge in [0, 0.05) is 19.2 Å². The summed E-state index contributed by atoms with van der Waals surface area (Å²) in [4.78, 5) is 2.47. The number of nitrogens with one attached hydrogen (secondary N) is 1. The van der Waals surface area contributed by atoms with E-state index in [-0.39, 0.29) is 16.3 Å². The Morgan fingerprint density at radius 3 is 2.38 bits per heavy atom. The Labute approximate surface area is 123 Å². The quantitative estimate of drug-likeness (QED) is 0.726. The highest BCUT2D eigenvalue weighted by atomic mass is 32.2. The van der Waals surface area contributed by atoms with E-state index in [9.17, 15) is 8.42 Å². The van der Waals surface area contributed by atoms with Gasteiger partial charge >= 0.3 is 0 Å². The maximum absolute atomic E-state index is 12.5. The minimum absolute atomic E-state index is 0.0326. The number of hydrogen-bond acceptors (Lipinski definition) is 7. The molecule has 0 radical (unpaired) electrons. The van der Waals surface area contributed by atoms with Crippen molar-refractivity contribution in [2.45, 2.75) is 4.90 Å². The zero-order valence-electron chi connectivity index (χ0n) is 12.0. The fourth-order valence-corrected chi connectivity index (χ4v) is 3.29. The Morgan fingerprint density at radius 1 is 1.19 bits per heavy atom. The molecule has 0 spiro atoms. The molecule has 1 saturated heterocycles. The molecule has 0 amide bonds. The molecule has 1 heterocycles. The van der Waals surface area contributed by atoms with Crippen molar-refractivity contribution < 1.29 is 22.6 Å². The van der Waals surface area contributed by atoms with E-state index in [1.165, 1.54) is 26.4 Å². The molecule has 1 aromatic rings. The minimum atomic E-state index is -3.79. The van der Waals surface area contributed by atoms with Crippen LogP contribution < -0.4 is 20.0 Å². The van der Waals surface area contributed by atoms with Crippen LogP contribution in [0, 0.1) is 0 Å². The van der Waals surface area contributed by atoms with Crippen LogP contribution in [-0.4, -0.2) is 53.9 Å². The second-order valence-corrected chi connectivity index (χ2v) is 6.07. The van der Waals surface area contributed by atoms with E-state index in [0.29, 0.717) is 32.1 Å². The van der Waals surface area contributed by atoms with Crippen LogP contribution in [0.2, 0.25) is 0 Å². The fourth-order valence-electron chi connectivity index (χ4n) is 1.98. The molecule has 1 aliphatic heterocycles. The smallest absolute Gasteiger partial charge is 0.257 e. The van der Waals surface area contributed by atoms with Crippen molar-refractivity contribution in [2.24, 2.45) is 0 Å². The number of ether oxygens (including phenoxy) is 3. The lowest BCUT2D eigenvalue weighted by atomic mass is 10.3. The molecule has 1 aliphatic rings. The van der Waals surface area contributed by atoms with Gasteiger partial charge < -0.3 is 19.9 Å². The maximum Gasteiger partial charge on any atom is 0.257 e. The first-order chi connectivity index (χ1) is 9.97. The highest BCUT2D eigenvalue weighted by molar-refractivity contribution is 7.89. The number of anilines is 1. The molecule has 2 rings (SSSR count). The van der Waals surface area contributed by atoms with Crippen LogP contribution in [0.3, 0.4) is 0 Å². The predicted octanol–water partition coefficient (Wildman–Crippen LogP) is -0.188. The largest absolute Gasteiger partial charge is 0.495 e. The topological polar surface area (TPSA) is 103 Å². The Hall–Kier alpha value is -1.55. The predicted molar refractivity (Wildman–Crippen MR) is 76.7 cm³/mol. The van der Waals surface area contributed by atoms with Gasteiger partial charge in [-0.1, -0.05) is 0 Å². The van der Waals surface area contributed by atoms with Gasteiger partial charge in [-0.25, -0.2) is 13.4 Å². The first kappa shape index (κ1) is 15.8. The summed E-state index contributed by atoms with van der Waals surface area (Å²) in [6.45, 7) is 1.91. The van der Waals surface area contributed by atoms with Gasteiger partial charge in [-0.15, -0.1) is 4.83 Å². The zero-order chi connectivity index (χ0) is 15.5. The van der Waals surface area contributed by atoms with E-state index in [1.54, 1.807) is 5.01 Å². The van der Waals surface area contributed by atoms with Gasteiger partial charge in [-0.2, -0.15) is 0 Å². The second kappa shape index (κ2) is 6.48. The number of nitrogen functional groups attached to an aromatic ring is 1. The van der Waals surface area contributed by atoms with Crippen molar-refractivity contribution in [3.63, 3.8) is 0 Å². The SMILES string of the molecule is COc1cc(OC)c(S(=O)(=O)NN2CCOCC2)cc1N. The third kappa shape index (κ3) is 3.56. The van der Waals surface area contributed by atoms with E-state index < -0.39 is 10.0 Å². The van der Waals surface area contributed by atoms with Crippen LogP contribution >= 0.6 is 0 Å². The molecule has 0 atom stereocenters. The summed E-state index contributed by atoms with van der Waals surface area (Å²) in [6.07, 6.45) is 0. The van der Waals surface area contributed by atoms with Crippen molar-refractivity contribution >= 4 is 15.7 Å². The van der Waals surface area contributed by atoms with Gasteiger partial charge in [0.25, 0.3) is 10.0 Å². The molecule has 0 aliphatic carbocycles. The van der Waals surface area contributed by atoms with Gasteiger partial charge in [0.2, 0.25) is 0 Å². The van der Waals surface area contributed by atoms with Gasteiger partial charge in [0.1, 0.15) is 16.4 Å². The van der Waals surface area contributed by atoms with E-state index in [2.05, 4.69) is 4.83 Å². The van der Waals surface area contributed by atoms with Crippen LogP contribution in [0.15, 0.2) is 17.0 Å². The summed E-state index contributed by atoms with van der Waals surface area (Å²) in [5, 5.41) is 1.58. The average Bonchev–Trinajstić information content (AvgIpc) is 2.47. The van der Waals surface area contributed by atoms with E-state index in [0.717, 1.165) is 0 Å². The van der Waals surface area contributed by atoms with Crippen molar-refractivity contribution in [2.75, 3.05) is 46.3 Å². The molecule has 0 saturated carbocycles. The van der Waals surface area contributed by atoms with Crippen molar-refractivity contribution in [3.8, 4) is 11.5 Å². The summed E-state index contributed by atoms with van der Waals surface area (Å²) in [5.41, 5.74) is 6.00. The number of rotatable bonds is 5. The molecule has 0 bridgehead atoms. The van der Waals surface area contributed by atoms with Crippen LogP contribution in [0.4, 0.5) is 5.69 Å². The zero-order valence-corrected chi connectivity index (χ0v) is 12.8. The summed E-state index contributed by atoms with van der Waals surface area (Å²) < 4.78 is 40.3. The number of nitrogens with two attached hydrogens (primary N) is 1. The number of methoxy groups -OCH3 is 2. The Bertz CT molecular complexity index is 599. The fraction of sp³-hybridized carbons (Fsp3) is 0.500. The normalized spacial score (nSPS) is 16.7. The molecule has 1 aromatic carbocycles. The first-order valence-corrected chi connectivity index (χ1v) is 7.83. The molecule has 0 aromatic heterocycles. The lowest BCUT2D eigenvalue weighted by molar-refractivity contribution is 0.0272. The van der Waals surface area contributed by atoms with Gasteiger partial charge in [-0.3, -0.25) is 0 Å². The Kier molecular flexibility index (Phi) is 4.88. The third-order valence-electron chi connectivity index (χ3n) is 3.07. The monoisotopic (exact) mass is 317 g/mol. The molecule has 9 heteroatoms.